The first-order valence-electron chi connectivity index (χ1n) is 5.86. The van der Waals surface area contributed by atoms with Crippen LogP contribution in [0.4, 0.5) is 10.1 Å². The molecule has 0 saturated carbocycles. The van der Waals surface area contributed by atoms with E-state index in [0.717, 1.165) is 28.5 Å². The van der Waals surface area contributed by atoms with Crippen LogP contribution in [0.25, 0.3) is 0 Å². The summed E-state index contributed by atoms with van der Waals surface area (Å²) in [5.41, 5.74) is 7.70. The first-order valence-corrected chi connectivity index (χ1v) is 6.68. The maximum absolute atomic E-state index is 13.1. The van der Waals surface area contributed by atoms with Crippen LogP contribution in [0.1, 0.15) is 19.0 Å². The Morgan fingerprint density at radius 2 is 2.22 bits per heavy atom. The third-order valence-electron chi connectivity index (χ3n) is 2.60. The zero-order chi connectivity index (χ0) is 13.1. The van der Waals surface area contributed by atoms with Gasteiger partial charge in [-0.1, -0.05) is 31.2 Å². The molecule has 18 heavy (non-hydrogen) atoms. The van der Waals surface area contributed by atoms with Gasteiger partial charge >= 0.3 is 0 Å². The van der Waals surface area contributed by atoms with Gasteiger partial charge in [0.05, 0.1) is 11.4 Å². The number of aromatic nitrogens is 2. The van der Waals surface area contributed by atoms with Crippen molar-refractivity contribution in [2.75, 3.05) is 5.73 Å². The SMILES string of the molecule is CCCc1nn(C)c(Sc2cccc(F)c2)c1N. The van der Waals surface area contributed by atoms with Gasteiger partial charge in [-0.05, 0) is 24.6 Å². The summed E-state index contributed by atoms with van der Waals surface area (Å²) < 4.78 is 14.9. The quantitative estimate of drug-likeness (QED) is 0.923. The van der Waals surface area contributed by atoms with E-state index in [-0.39, 0.29) is 5.82 Å². The zero-order valence-electron chi connectivity index (χ0n) is 10.5. The lowest BCUT2D eigenvalue weighted by molar-refractivity contribution is 0.624. The van der Waals surface area contributed by atoms with Crippen LogP contribution >= 0.6 is 11.8 Å². The van der Waals surface area contributed by atoms with E-state index < -0.39 is 0 Å². The van der Waals surface area contributed by atoms with Crippen molar-refractivity contribution >= 4 is 17.4 Å². The molecule has 0 radical (unpaired) electrons. The van der Waals surface area contributed by atoms with Gasteiger partial charge in [0.1, 0.15) is 10.8 Å². The van der Waals surface area contributed by atoms with Gasteiger partial charge in [-0.2, -0.15) is 5.10 Å². The zero-order valence-corrected chi connectivity index (χ0v) is 11.3. The van der Waals surface area contributed by atoms with E-state index in [0.29, 0.717) is 5.69 Å². The lowest BCUT2D eigenvalue weighted by Crippen LogP contribution is -1.93. The van der Waals surface area contributed by atoms with Crippen LogP contribution < -0.4 is 5.73 Å². The van der Waals surface area contributed by atoms with Crippen LogP contribution in [0.2, 0.25) is 0 Å². The van der Waals surface area contributed by atoms with Gasteiger partial charge in [0.25, 0.3) is 0 Å². The molecule has 0 saturated heterocycles. The molecule has 96 valence electrons. The number of nitrogens with two attached hydrogens (primary N) is 1. The second kappa shape index (κ2) is 5.44. The molecule has 1 aromatic heterocycles. The monoisotopic (exact) mass is 265 g/mol. The third-order valence-corrected chi connectivity index (χ3v) is 3.77. The van der Waals surface area contributed by atoms with Gasteiger partial charge < -0.3 is 5.73 Å². The first kappa shape index (κ1) is 13.0. The lowest BCUT2D eigenvalue weighted by atomic mass is 10.2. The number of nitrogen functional groups attached to an aromatic ring is 1. The molecule has 5 heteroatoms. The van der Waals surface area contributed by atoms with Gasteiger partial charge in [0, 0.05) is 11.9 Å². The molecule has 3 nitrogen and oxygen atoms in total. The molecule has 2 N–H and O–H groups in total. The van der Waals surface area contributed by atoms with Crippen molar-refractivity contribution < 1.29 is 4.39 Å². The lowest BCUT2D eigenvalue weighted by Gasteiger charge is -2.03. The first-order chi connectivity index (χ1) is 8.61. The van der Waals surface area contributed by atoms with E-state index >= 15 is 0 Å². The minimum atomic E-state index is -0.241. The standard InChI is InChI=1S/C13H16FN3S/c1-3-5-11-12(15)13(17(2)16-11)18-10-7-4-6-9(14)8-10/h4,6-8H,3,5,15H2,1-2H3. The molecule has 1 heterocycles. The number of benzene rings is 1. The summed E-state index contributed by atoms with van der Waals surface area (Å²) in [7, 11) is 1.86. The number of aryl methyl sites for hydroxylation is 2. The Morgan fingerprint density at radius 3 is 2.89 bits per heavy atom. The van der Waals surface area contributed by atoms with Crippen LogP contribution in [-0.2, 0) is 13.5 Å². The number of rotatable bonds is 4. The number of nitrogens with zero attached hydrogens (tertiary/aromatic N) is 2. The Morgan fingerprint density at radius 1 is 1.44 bits per heavy atom. The van der Waals surface area contributed by atoms with Crippen LogP contribution in [0.3, 0.4) is 0 Å². The van der Waals surface area contributed by atoms with Crippen molar-refractivity contribution in [2.45, 2.75) is 29.7 Å². The number of hydrogen-bond donors (Lipinski definition) is 1. The fraction of sp³-hybridized carbons (Fsp3) is 0.308. The second-order valence-corrected chi connectivity index (χ2v) is 5.16. The van der Waals surface area contributed by atoms with E-state index in [1.807, 2.05) is 13.1 Å². The van der Waals surface area contributed by atoms with Crippen molar-refractivity contribution in [3.63, 3.8) is 0 Å². The molecular formula is C13H16FN3S. The summed E-state index contributed by atoms with van der Waals surface area (Å²) in [4.78, 5) is 0.827. The molecule has 0 bridgehead atoms. The van der Waals surface area contributed by atoms with E-state index in [4.69, 9.17) is 5.73 Å². The Bertz CT molecular complexity index is 551. The minimum Gasteiger partial charge on any atom is -0.395 e. The molecule has 2 rings (SSSR count). The van der Waals surface area contributed by atoms with Crippen LogP contribution in [0.5, 0.6) is 0 Å². The summed E-state index contributed by atoms with van der Waals surface area (Å²) >= 11 is 1.44. The van der Waals surface area contributed by atoms with Gasteiger partial charge in [0.2, 0.25) is 0 Å². The highest BCUT2D eigenvalue weighted by Gasteiger charge is 2.13. The fourth-order valence-corrected chi connectivity index (χ4v) is 2.70. The van der Waals surface area contributed by atoms with E-state index in [9.17, 15) is 4.39 Å². The number of hydrogen-bond acceptors (Lipinski definition) is 3. The van der Waals surface area contributed by atoms with Crippen molar-refractivity contribution in [1.29, 1.82) is 0 Å². The fourth-order valence-electron chi connectivity index (χ4n) is 1.76. The van der Waals surface area contributed by atoms with Gasteiger partial charge in [-0.15, -0.1) is 0 Å². The molecular weight excluding hydrogens is 249 g/mol. The Hall–Kier alpha value is -1.49. The molecule has 2 aromatic rings. The summed E-state index contributed by atoms with van der Waals surface area (Å²) in [5, 5.41) is 5.26. The molecule has 0 spiro atoms. The van der Waals surface area contributed by atoms with Crippen molar-refractivity contribution in [3.8, 4) is 0 Å². The van der Waals surface area contributed by atoms with Crippen LogP contribution in [0.15, 0.2) is 34.2 Å². The van der Waals surface area contributed by atoms with Gasteiger partial charge in [-0.25, -0.2) is 4.39 Å². The molecule has 0 unspecified atom stereocenters. The molecule has 1 aromatic carbocycles. The Balaban J connectivity index is 2.29. The predicted octanol–water partition coefficient (Wildman–Crippen LogP) is 3.25. The highest BCUT2D eigenvalue weighted by Crippen LogP contribution is 2.33. The maximum atomic E-state index is 13.1. The van der Waals surface area contributed by atoms with Crippen molar-refractivity contribution in [3.05, 3.63) is 35.8 Å². The van der Waals surface area contributed by atoms with E-state index in [1.54, 1.807) is 10.7 Å². The molecule has 0 aliphatic carbocycles. The van der Waals surface area contributed by atoms with Crippen molar-refractivity contribution in [2.24, 2.45) is 7.05 Å². The normalized spacial score (nSPS) is 10.8. The molecule has 0 amide bonds. The number of anilines is 1. The van der Waals surface area contributed by atoms with E-state index in [2.05, 4.69) is 12.0 Å². The van der Waals surface area contributed by atoms with Gasteiger partial charge in [0.15, 0.2) is 0 Å². The molecule has 0 fully saturated rings. The molecule has 0 aliphatic rings. The average molecular weight is 265 g/mol. The largest absolute Gasteiger partial charge is 0.395 e. The Kier molecular flexibility index (Phi) is 3.91. The highest BCUT2D eigenvalue weighted by atomic mass is 32.2. The topological polar surface area (TPSA) is 43.8 Å². The Labute approximate surface area is 110 Å². The van der Waals surface area contributed by atoms with Crippen LogP contribution in [0, 0.1) is 5.82 Å². The second-order valence-electron chi connectivity index (χ2n) is 4.10. The van der Waals surface area contributed by atoms with Crippen LogP contribution in [-0.4, -0.2) is 9.78 Å². The number of halogens is 1. The molecule has 0 aliphatic heterocycles. The summed E-state index contributed by atoms with van der Waals surface area (Å²) in [6.45, 7) is 2.09. The van der Waals surface area contributed by atoms with Crippen molar-refractivity contribution in [1.82, 2.24) is 9.78 Å². The predicted molar refractivity (Wildman–Crippen MR) is 72.1 cm³/mol. The average Bonchev–Trinajstić information content (AvgIpc) is 2.58. The van der Waals surface area contributed by atoms with Gasteiger partial charge in [-0.3, -0.25) is 4.68 Å². The highest BCUT2D eigenvalue weighted by molar-refractivity contribution is 7.99. The van der Waals surface area contributed by atoms with E-state index in [1.165, 1.54) is 23.9 Å². The summed E-state index contributed by atoms with van der Waals surface area (Å²) in [6, 6.07) is 6.48. The molecule has 0 atom stereocenters. The maximum Gasteiger partial charge on any atom is 0.124 e. The third kappa shape index (κ3) is 2.67. The summed E-state index contributed by atoms with van der Waals surface area (Å²) in [6.07, 6.45) is 1.87. The summed E-state index contributed by atoms with van der Waals surface area (Å²) in [5.74, 6) is -0.241. The minimum absolute atomic E-state index is 0.241. The smallest absolute Gasteiger partial charge is 0.124 e.